The van der Waals surface area contributed by atoms with Crippen LogP contribution in [0.15, 0.2) is 58.8 Å². The van der Waals surface area contributed by atoms with Gasteiger partial charge in [-0.2, -0.15) is 0 Å². The van der Waals surface area contributed by atoms with Crippen LogP contribution < -0.4 is 10.6 Å². The Bertz CT molecular complexity index is 1260. The van der Waals surface area contributed by atoms with Crippen LogP contribution >= 0.6 is 0 Å². The lowest BCUT2D eigenvalue weighted by atomic mass is 10.1. The normalized spacial score (nSPS) is 15.3. The van der Waals surface area contributed by atoms with Crippen LogP contribution in [0, 0.1) is 0 Å². The van der Waals surface area contributed by atoms with E-state index in [1.54, 1.807) is 30.0 Å². The minimum atomic E-state index is -0.809. The van der Waals surface area contributed by atoms with Gasteiger partial charge in [0.05, 0.1) is 12.8 Å². The number of benzene rings is 1. The van der Waals surface area contributed by atoms with Gasteiger partial charge in [-0.15, -0.1) is 0 Å². The molecule has 1 aliphatic heterocycles. The van der Waals surface area contributed by atoms with E-state index in [9.17, 15) is 19.2 Å². The number of hydrogen-bond acceptors (Lipinski definition) is 6. The number of methoxy groups -OCH3 is 1. The summed E-state index contributed by atoms with van der Waals surface area (Å²) in [6.45, 7) is 1.02. The van der Waals surface area contributed by atoms with Gasteiger partial charge >= 0.3 is 6.03 Å². The largest absolute Gasteiger partial charge is 0.467 e. The number of nitrogens with zero attached hydrogens (tertiary/aromatic N) is 2. The molecule has 1 fully saturated rings. The summed E-state index contributed by atoms with van der Waals surface area (Å²) in [4.78, 5) is 51.1. The number of fused-ring (bicyclic) bond motifs is 1. The van der Waals surface area contributed by atoms with Crippen molar-refractivity contribution in [3.05, 3.63) is 65.8 Å². The number of ether oxygens (including phenoxy) is 1. The number of hydrogen-bond donors (Lipinski definition) is 2. The number of urea groups is 1. The number of carbonyl (C=O) groups is 4. The Morgan fingerprint density at radius 1 is 1.18 bits per heavy atom. The minimum absolute atomic E-state index is 0.0694. The molecule has 0 spiro atoms. The fourth-order valence-corrected chi connectivity index (χ4v) is 3.73. The van der Waals surface area contributed by atoms with Crippen molar-refractivity contribution >= 4 is 40.7 Å². The lowest BCUT2D eigenvalue weighted by Crippen LogP contribution is -2.53. The molecular weight excluding hydrogens is 440 g/mol. The first-order chi connectivity index (χ1) is 16.5. The molecule has 5 amide bonds. The third kappa shape index (κ3) is 4.91. The predicted octanol–water partition coefficient (Wildman–Crippen LogP) is 2.05. The van der Waals surface area contributed by atoms with Crippen LogP contribution in [-0.4, -0.2) is 53.5 Å². The Hall–Kier alpha value is -4.18. The summed E-state index contributed by atoms with van der Waals surface area (Å²) in [5.74, 6) is -1.26. The van der Waals surface area contributed by atoms with Gasteiger partial charge in [0, 0.05) is 42.9 Å². The Labute approximate surface area is 195 Å². The Kier molecular flexibility index (Phi) is 6.88. The number of nitrogens with one attached hydrogen (secondary N) is 2. The summed E-state index contributed by atoms with van der Waals surface area (Å²) < 4.78 is 12.0. The molecule has 0 unspecified atom stereocenters. The van der Waals surface area contributed by atoms with Gasteiger partial charge in [0.2, 0.25) is 5.91 Å². The van der Waals surface area contributed by atoms with Crippen LogP contribution in [0.25, 0.3) is 17.0 Å². The predicted molar refractivity (Wildman–Crippen MR) is 122 cm³/mol. The average Bonchev–Trinajstić information content (AvgIpc) is 3.45. The summed E-state index contributed by atoms with van der Waals surface area (Å²) in [6.07, 6.45) is 5.29. The molecule has 0 atom stereocenters. The fourth-order valence-electron chi connectivity index (χ4n) is 3.73. The maximum atomic E-state index is 13.0. The first kappa shape index (κ1) is 23.0. The van der Waals surface area contributed by atoms with Crippen LogP contribution in [0.3, 0.4) is 0 Å². The first-order valence-corrected chi connectivity index (χ1v) is 10.7. The molecule has 0 aliphatic carbocycles. The maximum absolute atomic E-state index is 13.0. The molecule has 1 saturated heterocycles. The topological polar surface area (TPSA) is 123 Å². The van der Waals surface area contributed by atoms with Crippen molar-refractivity contribution in [2.75, 3.05) is 20.3 Å². The number of para-hydroxylation sites is 1. The zero-order chi connectivity index (χ0) is 24.1. The van der Waals surface area contributed by atoms with Gasteiger partial charge in [-0.1, -0.05) is 18.2 Å². The standard InChI is InChI=1S/C24H24N4O6/c1-33-10-5-9-25-21(29)15-27-13-16(18-7-2-3-8-20(18)27)12-19-22(30)26-24(32)28(23(19)31)14-17-6-4-11-34-17/h2-4,6-8,11-13H,5,9-10,14-15H2,1H3,(H,25,29)(H,26,30,32)/b19-12+. The van der Waals surface area contributed by atoms with E-state index >= 15 is 0 Å². The molecule has 3 aromatic rings. The van der Waals surface area contributed by atoms with Crippen molar-refractivity contribution in [2.45, 2.75) is 19.5 Å². The van der Waals surface area contributed by atoms with Crippen LogP contribution in [0.5, 0.6) is 0 Å². The molecule has 4 rings (SSSR count). The SMILES string of the molecule is COCCCNC(=O)Cn1cc(/C=C2\C(=O)NC(=O)N(Cc3ccco3)C2=O)c2ccccc21. The van der Waals surface area contributed by atoms with E-state index in [0.29, 0.717) is 30.9 Å². The summed E-state index contributed by atoms with van der Waals surface area (Å²) in [6, 6.07) is 9.83. The highest BCUT2D eigenvalue weighted by atomic mass is 16.5. The number of barbiturate groups is 1. The third-order valence-electron chi connectivity index (χ3n) is 5.36. The van der Waals surface area contributed by atoms with Gasteiger partial charge < -0.3 is 19.0 Å². The third-order valence-corrected chi connectivity index (χ3v) is 5.36. The van der Waals surface area contributed by atoms with Crippen molar-refractivity contribution in [2.24, 2.45) is 0 Å². The number of imide groups is 2. The van der Waals surface area contributed by atoms with Crippen LogP contribution in [0.2, 0.25) is 0 Å². The average molecular weight is 464 g/mol. The van der Waals surface area contributed by atoms with E-state index in [4.69, 9.17) is 9.15 Å². The number of rotatable bonds is 9. The second kappa shape index (κ2) is 10.2. The summed E-state index contributed by atoms with van der Waals surface area (Å²) in [5, 5.41) is 5.80. The maximum Gasteiger partial charge on any atom is 0.331 e. The molecular formula is C24H24N4O6. The number of carbonyl (C=O) groups excluding carboxylic acids is 4. The molecule has 0 saturated carbocycles. The highest BCUT2D eigenvalue weighted by Gasteiger charge is 2.36. The molecule has 1 aliphatic rings. The lowest BCUT2D eigenvalue weighted by Gasteiger charge is -2.25. The van der Waals surface area contributed by atoms with Gasteiger partial charge in [-0.25, -0.2) is 4.79 Å². The molecule has 3 heterocycles. The summed E-state index contributed by atoms with van der Waals surface area (Å²) in [5.41, 5.74) is 1.17. The van der Waals surface area contributed by atoms with Gasteiger partial charge in [-0.05, 0) is 30.7 Å². The van der Waals surface area contributed by atoms with Crippen molar-refractivity contribution in [3.63, 3.8) is 0 Å². The molecule has 10 nitrogen and oxygen atoms in total. The Morgan fingerprint density at radius 2 is 2.00 bits per heavy atom. The fraction of sp³-hybridized carbons (Fsp3) is 0.250. The monoisotopic (exact) mass is 464 g/mol. The molecule has 2 N–H and O–H groups in total. The van der Waals surface area contributed by atoms with E-state index in [1.165, 1.54) is 12.3 Å². The number of amides is 5. The minimum Gasteiger partial charge on any atom is -0.467 e. The van der Waals surface area contributed by atoms with Crippen molar-refractivity contribution < 1.29 is 28.3 Å². The van der Waals surface area contributed by atoms with Gasteiger partial charge in [0.25, 0.3) is 11.8 Å². The quantitative estimate of drug-likeness (QED) is 0.284. The zero-order valence-corrected chi connectivity index (χ0v) is 18.6. The van der Waals surface area contributed by atoms with E-state index in [-0.39, 0.29) is 24.6 Å². The summed E-state index contributed by atoms with van der Waals surface area (Å²) in [7, 11) is 1.60. The van der Waals surface area contributed by atoms with E-state index in [0.717, 1.165) is 15.8 Å². The van der Waals surface area contributed by atoms with Crippen molar-refractivity contribution in [1.82, 2.24) is 20.1 Å². The highest BCUT2D eigenvalue weighted by molar-refractivity contribution is 6.31. The van der Waals surface area contributed by atoms with Crippen molar-refractivity contribution in [3.8, 4) is 0 Å². The smallest absolute Gasteiger partial charge is 0.331 e. The zero-order valence-electron chi connectivity index (χ0n) is 18.6. The Morgan fingerprint density at radius 3 is 2.76 bits per heavy atom. The van der Waals surface area contributed by atoms with Gasteiger partial charge in [-0.3, -0.25) is 24.6 Å². The van der Waals surface area contributed by atoms with E-state index in [2.05, 4.69) is 10.6 Å². The molecule has 10 heteroatoms. The molecule has 34 heavy (non-hydrogen) atoms. The summed E-state index contributed by atoms with van der Waals surface area (Å²) >= 11 is 0. The first-order valence-electron chi connectivity index (χ1n) is 10.7. The van der Waals surface area contributed by atoms with E-state index < -0.39 is 17.8 Å². The van der Waals surface area contributed by atoms with Crippen LogP contribution in [0.4, 0.5) is 4.79 Å². The molecule has 0 radical (unpaired) electrons. The highest BCUT2D eigenvalue weighted by Crippen LogP contribution is 2.25. The van der Waals surface area contributed by atoms with E-state index in [1.807, 2.05) is 24.3 Å². The van der Waals surface area contributed by atoms with Crippen molar-refractivity contribution in [1.29, 1.82) is 0 Å². The molecule has 0 bridgehead atoms. The number of aromatic nitrogens is 1. The second-order valence-corrected chi connectivity index (χ2v) is 7.71. The van der Waals surface area contributed by atoms with Gasteiger partial charge in [0.1, 0.15) is 17.9 Å². The van der Waals surface area contributed by atoms with Crippen LogP contribution in [0.1, 0.15) is 17.7 Å². The van der Waals surface area contributed by atoms with Gasteiger partial charge in [0.15, 0.2) is 0 Å². The Balaban J connectivity index is 1.60. The van der Waals surface area contributed by atoms with Crippen LogP contribution in [-0.2, 0) is 32.2 Å². The lowest BCUT2D eigenvalue weighted by molar-refractivity contribution is -0.130. The molecule has 2 aromatic heterocycles. The second-order valence-electron chi connectivity index (χ2n) is 7.71. The molecule has 176 valence electrons. The molecule has 1 aromatic carbocycles. The number of furan rings is 1.